The zero-order chi connectivity index (χ0) is 18.7. The van der Waals surface area contributed by atoms with Crippen molar-refractivity contribution in [3.63, 3.8) is 0 Å². The summed E-state index contributed by atoms with van der Waals surface area (Å²) in [7, 11) is 0. The molecule has 0 spiro atoms. The van der Waals surface area contributed by atoms with Gasteiger partial charge in [-0.1, -0.05) is 6.92 Å². The SMILES string of the molecule is CCCC(=O)NC1CCN(C(=O)c2ccc3nc(C)c(C)nc3c2)CC1. The van der Waals surface area contributed by atoms with Crippen LogP contribution in [0.4, 0.5) is 0 Å². The van der Waals surface area contributed by atoms with Gasteiger partial charge in [0.2, 0.25) is 5.91 Å². The number of piperidine rings is 1. The third-order valence-corrected chi connectivity index (χ3v) is 4.95. The van der Waals surface area contributed by atoms with Crippen LogP contribution >= 0.6 is 0 Å². The molecule has 138 valence electrons. The average Bonchev–Trinajstić information content (AvgIpc) is 2.62. The van der Waals surface area contributed by atoms with Crippen molar-refractivity contribution in [1.82, 2.24) is 20.2 Å². The van der Waals surface area contributed by atoms with Gasteiger partial charge < -0.3 is 10.2 Å². The highest BCUT2D eigenvalue weighted by Gasteiger charge is 2.24. The Balaban J connectivity index is 1.66. The molecule has 0 aliphatic carbocycles. The number of carbonyl (C=O) groups is 2. The topological polar surface area (TPSA) is 75.2 Å². The first-order valence-electron chi connectivity index (χ1n) is 9.31. The zero-order valence-electron chi connectivity index (χ0n) is 15.7. The molecule has 0 radical (unpaired) electrons. The fourth-order valence-corrected chi connectivity index (χ4v) is 3.30. The summed E-state index contributed by atoms with van der Waals surface area (Å²) in [5.41, 5.74) is 3.99. The van der Waals surface area contributed by atoms with Crippen LogP contribution in [0.5, 0.6) is 0 Å². The van der Waals surface area contributed by atoms with Crippen LogP contribution in [0.1, 0.15) is 54.4 Å². The lowest BCUT2D eigenvalue weighted by Gasteiger charge is -2.32. The summed E-state index contributed by atoms with van der Waals surface area (Å²) in [6, 6.07) is 5.68. The molecule has 2 amide bonds. The summed E-state index contributed by atoms with van der Waals surface area (Å²) < 4.78 is 0. The van der Waals surface area contributed by atoms with E-state index in [2.05, 4.69) is 15.3 Å². The second-order valence-corrected chi connectivity index (χ2v) is 6.98. The van der Waals surface area contributed by atoms with Gasteiger partial charge in [0.05, 0.1) is 22.4 Å². The molecule has 1 aliphatic rings. The fraction of sp³-hybridized carbons (Fsp3) is 0.500. The average molecular weight is 354 g/mol. The van der Waals surface area contributed by atoms with Crippen LogP contribution < -0.4 is 5.32 Å². The van der Waals surface area contributed by atoms with Gasteiger partial charge in [-0.2, -0.15) is 0 Å². The Morgan fingerprint density at radius 1 is 1.12 bits per heavy atom. The monoisotopic (exact) mass is 354 g/mol. The number of carbonyl (C=O) groups excluding carboxylic acids is 2. The van der Waals surface area contributed by atoms with E-state index in [0.717, 1.165) is 41.7 Å². The molecule has 1 aromatic carbocycles. The van der Waals surface area contributed by atoms with Crippen LogP contribution in [0.2, 0.25) is 0 Å². The van der Waals surface area contributed by atoms with Crippen molar-refractivity contribution in [2.75, 3.05) is 13.1 Å². The quantitative estimate of drug-likeness (QED) is 0.916. The first kappa shape index (κ1) is 18.3. The van der Waals surface area contributed by atoms with E-state index in [1.165, 1.54) is 0 Å². The van der Waals surface area contributed by atoms with Crippen molar-refractivity contribution in [1.29, 1.82) is 0 Å². The number of hydrogen-bond acceptors (Lipinski definition) is 4. The minimum atomic E-state index is 0.0188. The lowest BCUT2D eigenvalue weighted by atomic mass is 10.0. The Bertz CT molecular complexity index is 826. The summed E-state index contributed by atoms with van der Waals surface area (Å²) in [4.78, 5) is 35.5. The minimum absolute atomic E-state index is 0.0188. The number of likely N-dealkylation sites (tertiary alicyclic amines) is 1. The number of nitrogens with zero attached hydrogens (tertiary/aromatic N) is 3. The second kappa shape index (κ2) is 7.81. The van der Waals surface area contributed by atoms with Gasteiger partial charge in [0.15, 0.2) is 0 Å². The van der Waals surface area contributed by atoms with E-state index in [9.17, 15) is 9.59 Å². The molecule has 1 N–H and O–H groups in total. The first-order valence-corrected chi connectivity index (χ1v) is 9.31. The molecule has 3 rings (SSSR count). The maximum Gasteiger partial charge on any atom is 0.253 e. The van der Waals surface area contributed by atoms with Crippen molar-refractivity contribution in [3.8, 4) is 0 Å². The highest BCUT2D eigenvalue weighted by Crippen LogP contribution is 2.18. The molecule has 0 bridgehead atoms. The standard InChI is InChI=1S/C20H26N4O2/c1-4-5-19(25)23-16-8-10-24(11-9-16)20(26)15-6-7-17-18(12-15)22-14(3)13(2)21-17/h6-7,12,16H,4-5,8-11H2,1-3H3,(H,23,25). The molecular weight excluding hydrogens is 328 g/mol. The molecule has 6 heteroatoms. The summed E-state index contributed by atoms with van der Waals surface area (Å²) in [6.07, 6.45) is 3.02. The van der Waals surface area contributed by atoms with Crippen LogP contribution in [0, 0.1) is 13.8 Å². The minimum Gasteiger partial charge on any atom is -0.353 e. The predicted molar refractivity (Wildman–Crippen MR) is 101 cm³/mol. The van der Waals surface area contributed by atoms with Gasteiger partial charge in [-0.3, -0.25) is 9.59 Å². The lowest BCUT2D eigenvalue weighted by molar-refractivity contribution is -0.122. The van der Waals surface area contributed by atoms with Crippen molar-refractivity contribution in [2.24, 2.45) is 0 Å². The predicted octanol–water partition coefficient (Wildman–Crippen LogP) is 2.77. The third kappa shape index (κ3) is 4.00. The number of benzene rings is 1. The number of nitrogens with one attached hydrogen (secondary N) is 1. The third-order valence-electron chi connectivity index (χ3n) is 4.95. The Morgan fingerprint density at radius 3 is 2.42 bits per heavy atom. The number of rotatable bonds is 4. The van der Waals surface area contributed by atoms with Crippen molar-refractivity contribution in [3.05, 3.63) is 35.2 Å². The van der Waals surface area contributed by atoms with E-state index in [-0.39, 0.29) is 17.9 Å². The van der Waals surface area contributed by atoms with Crippen LogP contribution in [-0.4, -0.2) is 45.8 Å². The molecule has 1 fully saturated rings. The van der Waals surface area contributed by atoms with Gasteiger partial charge in [0, 0.05) is 31.1 Å². The van der Waals surface area contributed by atoms with Gasteiger partial charge in [-0.15, -0.1) is 0 Å². The molecule has 1 aromatic heterocycles. The molecule has 0 saturated carbocycles. The molecule has 1 saturated heterocycles. The van der Waals surface area contributed by atoms with E-state index in [4.69, 9.17) is 0 Å². The van der Waals surface area contributed by atoms with Gasteiger partial charge in [-0.25, -0.2) is 9.97 Å². The van der Waals surface area contributed by atoms with E-state index >= 15 is 0 Å². The van der Waals surface area contributed by atoms with E-state index in [1.807, 2.05) is 43.9 Å². The zero-order valence-corrected chi connectivity index (χ0v) is 15.7. The summed E-state index contributed by atoms with van der Waals surface area (Å²) in [5, 5.41) is 3.06. The molecule has 6 nitrogen and oxygen atoms in total. The van der Waals surface area contributed by atoms with Crippen molar-refractivity contribution in [2.45, 2.75) is 52.5 Å². The second-order valence-electron chi connectivity index (χ2n) is 6.98. The maximum absolute atomic E-state index is 12.8. The van der Waals surface area contributed by atoms with Gasteiger partial charge in [-0.05, 0) is 51.3 Å². The largest absolute Gasteiger partial charge is 0.353 e. The molecule has 26 heavy (non-hydrogen) atoms. The molecule has 2 aromatic rings. The summed E-state index contributed by atoms with van der Waals surface area (Å²) in [6.45, 7) is 7.18. The van der Waals surface area contributed by atoms with E-state index in [1.54, 1.807) is 0 Å². The van der Waals surface area contributed by atoms with Crippen molar-refractivity contribution < 1.29 is 9.59 Å². The smallest absolute Gasteiger partial charge is 0.253 e. The molecule has 0 atom stereocenters. The Kier molecular flexibility index (Phi) is 5.49. The van der Waals surface area contributed by atoms with Gasteiger partial charge >= 0.3 is 0 Å². The number of amides is 2. The maximum atomic E-state index is 12.8. The summed E-state index contributed by atoms with van der Waals surface area (Å²) >= 11 is 0. The highest BCUT2D eigenvalue weighted by atomic mass is 16.2. The first-order chi connectivity index (χ1) is 12.5. The van der Waals surface area contributed by atoms with Crippen LogP contribution in [-0.2, 0) is 4.79 Å². The normalized spacial score (nSPS) is 15.3. The van der Waals surface area contributed by atoms with Gasteiger partial charge in [0.25, 0.3) is 5.91 Å². The number of hydrogen-bond donors (Lipinski definition) is 1. The Morgan fingerprint density at radius 2 is 1.77 bits per heavy atom. The Labute approximate surface area is 154 Å². The van der Waals surface area contributed by atoms with Crippen molar-refractivity contribution >= 4 is 22.8 Å². The molecule has 0 unspecified atom stereocenters. The van der Waals surface area contributed by atoms with Crippen LogP contribution in [0.15, 0.2) is 18.2 Å². The lowest BCUT2D eigenvalue weighted by Crippen LogP contribution is -2.46. The highest BCUT2D eigenvalue weighted by molar-refractivity contribution is 5.97. The number of aryl methyl sites for hydroxylation is 2. The van der Waals surface area contributed by atoms with E-state index in [0.29, 0.717) is 25.1 Å². The molecule has 2 heterocycles. The molecule has 1 aliphatic heterocycles. The van der Waals surface area contributed by atoms with Crippen LogP contribution in [0.3, 0.4) is 0 Å². The fourth-order valence-electron chi connectivity index (χ4n) is 3.30. The van der Waals surface area contributed by atoms with Crippen LogP contribution in [0.25, 0.3) is 11.0 Å². The number of aromatic nitrogens is 2. The number of fused-ring (bicyclic) bond motifs is 1. The summed E-state index contributed by atoms with van der Waals surface area (Å²) in [5.74, 6) is 0.126. The Hall–Kier alpha value is -2.50. The van der Waals surface area contributed by atoms with Gasteiger partial charge in [0.1, 0.15) is 0 Å². The molecular formula is C20H26N4O2. The van der Waals surface area contributed by atoms with E-state index < -0.39 is 0 Å².